The van der Waals surface area contributed by atoms with Crippen molar-refractivity contribution >= 4 is 5.78 Å². The lowest BCUT2D eigenvalue weighted by molar-refractivity contribution is -0.316. The van der Waals surface area contributed by atoms with Gasteiger partial charge >= 0.3 is 0 Å². The van der Waals surface area contributed by atoms with Gasteiger partial charge in [-0.1, -0.05) is 0 Å². The normalized spacial score (nSPS) is 47.9. The van der Waals surface area contributed by atoms with Gasteiger partial charge in [-0.3, -0.25) is 4.79 Å². The minimum Gasteiger partial charge on any atom is -0.394 e. The van der Waals surface area contributed by atoms with Gasteiger partial charge in [-0.05, 0) is 31.6 Å². The van der Waals surface area contributed by atoms with E-state index in [2.05, 4.69) is 0 Å². The third kappa shape index (κ3) is 5.84. The van der Waals surface area contributed by atoms with E-state index >= 15 is 0 Å². The van der Waals surface area contributed by atoms with Gasteiger partial charge in [-0.15, -0.1) is 0 Å². The van der Waals surface area contributed by atoms with Crippen LogP contribution in [0.1, 0.15) is 44.9 Å². The fraction of sp³-hybridized carbons (Fsp3) is 0.952. The third-order valence-electron chi connectivity index (χ3n) is 7.07. The molecule has 2 aliphatic carbocycles. The molecule has 32 heavy (non-hydrogen) atoms. The van der Waals surface area contributed by atoms with Crippen LogP contribution >= 0.6 is 0 Å². The number of Topliss-reactive ketones (excluding diaryl/α,β-unsaturated/α-hetero) is 1. The molecular weight excluding hydrogens is 428 g/mol. The van der Waals surface area contributed by atoms with Crippen molar-refractivity contribution in [3.63, 3.8) is 0 Å². The van der Waals surface area contributed by atoms with Gasteiger partial charge in [0.25, 0.3) is 0 Å². The highest BCUT2D eigenvalue weighted by Gasteiger charge is 2.47. The minimum atomic E-state index is -1.60. The highest BCUT2D eigenvalue weighted by Crippen LogP contribution is 2.34. The molecule has 8 N–H and O–H groups in total. The molecule has 186 valence electrons. The zero-order chi connectivity index (χ0) is 23.6. The molecule has 0 radical (unpaired) electrons. The van der Waals surface area contributed by atoms with Crippen LogP contribution < -0.4 is 0 Å². The lowest BCUT2D eigenvalue weighted by Gasteiger charge is -2.43. The van der Waals surface area contributed by atoms with E-state index in [-0.39, 0.29) is 31.0 Å². The Balaban J connectivity index is 1.51. The molecule has 11 nitrogen and oxygen atoms in total. The van der Waals surface area contributed by atoms with Crippen LogP contribution in [0.3, 0.4) is 0 Å². The van der Waals surface area contributed by atoms with Gasteiger partial charge in [0.05, 0.1) is 43.0 Å². The molecule has 0 aromatic rings. The van der Waals surface area contributed by atoms with Crippen LogP contribution in [0, 0.1) is 11.8 Å². The van der Waals surface area contributed by atoms with Crippen molar-refractivity contribution in [2.75, 3.05) is 6.61 Å². The summed E-state index contributed by atoms with van der Waals surface area (Å²) in [6.45, 7) is -0.603. The first-order valence-electron chi connectivity index (χ1n) is 11.3. The molecule has 1 saturated heterocycles. The fourth-order valence-corrected chi connectivity index (χ4v) is 5.08. The highest BCUT2D eigenvalue weighted by atomic mass is 16.7. The summed E-state index contributed by atoms with van der Waals surface area (Å²) in [5, 5.41) is 79.5. The minimum absolute atomic E-state index is 0.00315. The van der Waals surface area contributed by atoms with Gasteiger partial charge in [0.2, 0.25) is 0 Å². The van der Waals surface area contributed by atoms with Crippen LogP contribution in [0.5, 0.6) is 0 Å². The van der Waals surface area contributed by atoms with E-state index in [0.717, 1.165) is 0 Å². The number of carbonyl (C=O) groups is 1. The van der Waals surface area contributed by atoms with E-state index in [1.807, 2.05) is 0 Å². The molecule has 1 heterocycles. The van der Waals surface area contributed by atoms with Gasteiger partial charge in [0.1, 0.15) is 30.2 Å². The van der Waals surface area contributed by atoms with Gasteiger partial charge in [-0.2, -0.15) is 0 Å². The zero-order valence-corrected chi connectivity index (χ0v) is 17.9. The van der Waals surface area contributed by atoms with Crippen LogP contribution in [0.4, 0.5) is 0 Å². The molecule has 11 heteroatoms. The molecule has 10 atom stereocenters. The Kier molecular flexibility index (Phi) is 9.00. The lowest BCUT2D eigenvalue weighted by atomic mass is 9.76. The molecule has 2 saturated carbocycles. The van der Waals surface area contributed by atoms with Crippen molar-refractivity contribution in [1.82, 2.24) is 0 Å². The standard InChI is InChI=1S/C21H36O11/c22-8-16-18(28)19(29)20(30)21(32-16)31-10-6-14(26)17(15(27)7-10)12(24)4-2-9-1-3-11(23)13(25)5-9/h9-11,13-23,25-30H,1-8H2/t9?,10?,11?,13?,14?,15?,16-,17?,18-,19+,20-,21-/m1/s1. The number of rotatable bonds is 7. The summed E-state index contributed by atoms with van der Waals surface area (Å²) in [7, 11) is 0. The number of carbonyl (C=O) groups excluding carboxylic acids is 1. The van der Waals surface area contributed by atoms with Crippen LogP contribution in [0.2, 0.25) is 0 Å². The first-order chi connectivity index (χ1) is 15.1. The smallest absolute Gasteiger partial charge is 0.186 e. The molecule has 0 bridgehead atoms. The van der Waals surface area contributed by atoms with E-state index in [1.165, 1.54) is 0 Å². The maximum Gasteiger partial charge on any atom is 0.186 e. The molecule has 3 rings (SSSR count). The maximum absolute atomic E-state index is 12.7. The van der Waals surface area contributed by atoms with Crippen molar-refractivity contribution in [3.8, 4) is 0 Å². The van der Waals surface area contributed by atoms with Gasteiger partial charge in [0, 0.05) is 19.3 Å². The van der Waals surface area contributed by atoms with Gasteiger partial charge in [-0.25, -0.2) is 0 Å². The summed E-state index contributed by atoms with van der Waals surface area (Å²) < 4.78 is 10.9. The summed E-state index contributed by atoms with van der Waals surface area (Å²) in [6, 6.07) is 0. The molecule has 3 fully saturated rings. The number of hydrogen-bond donors (Lipinski definition) is 8. The second-order valence-corrected chi connectivity index (χ2v) is 9.41. The zero-order valence-electron chi connectivity index (χ0n) is 17.9. The second kappa shape index (κ2) is 11.1. The molecule has 3 aliphatic rings. The van der Waals surface area contributed by atoms with Crippen LogP contribution in [0.15, 0.2) is 0 Å². The average Bonchev–Trinajstić information content (AvgIpc) is 2.74. The Bertz CT molecular complexity index is 605. The molecular formula is C21H36O11. The summed E-state index contributed by atoms with van der Waals surface area (Å²) in [6.07, 6.45) is -9.65. The van der Waals surface area contributed by atoms with E-state index in [9.17, 15) is 45.6 Å². The van der Waals surface area contributed by atoms with E-state index in [4.69, 9.17) is 9.47 Å². The fourth-order valence-electron chi connectivity index (χ4n) is 5.08. The number of aliphatic hydroxyl groups excluding tert-OH is 8. The Labute approximate surface area is 186 Å². The van der Waals surface area contributed by atoms with Crippen molar-refractivity contribution < 1.29 is 55.1 Å². The first-order valence-corrected chi connectivity index (χ1v) is 11.3. The van der Waals surface area contributed by atoms with E-state index in [0.29, 0.717) is 25.7 Å². The van der Waals surface area contributed by atoms with E-state index < -0.39 is 73.8 Å². The summed E-state index contributed by atoms with van der Waals surface area (Å²) in [4.78, 5) is 12.7. The quantitative estimate of drug-likeness (QED) is 0.193. The average molecular weight is 465 g/mol. The Hall–Kier alpha value is -0.730. The van der Waals surface area contributed by atoms with Crippen LogP contribution in [-0.2, 0) is 14.3 Å². The SMILES string of the molecule is O=C(CCC1CCC(O)C(O)C1)C1C(O)CC(O[C@@H]2O[C@H](CO)[C@@H](O)[C@H](O)[C@H]2O)CC1O. The van der Waals surface area contributed by atoms with Crippen molar-refractivity contribution in [2.24, 2.45) is 11.8 Å². The highest BCUT2D eigenvalue weighted by molar-refractivity contribution is 5.82. The number of hydrogen-bond acceptors (Lipinski definition) is 11. The topological polar surface area (TPSA) is 197 Å². The molecule has 1 aliphatic heterocycles. The van der Waals surface area contributed by atoms with Crippen LogP contribution in [-0.4, -0.2) is 114 Å². The Morgan fingerprint density at radius 1 is 0.812 bits per heavy atom. The lowest BCUT2D eigenvalue weighted by Crippen LogP contribution is -2.60. The van der Waals surface area contributed by atoms with Gasteiger partial charge in [0.15, 0.2) is 6.29 Å². The monoisotopic (exact) mass is 464 g/mol. The summed E-state index contributed by atoms with van der Waals surface area (Å²) in [5.41, 5.74) is 0. The van der Waals surface area contributed by atoms with Crippen molar-refractivity contribution in [3.05, 3.63) is 0 Å². The van der Waals surface area contributed by atoms with Gasteiger partial charge < -0.3 is 50.3 Å². The molecule has 5 unspecified atom stereocenters. The van der Waals surface area contributed by atoms with Crippen molar-refractivity contribution in [2.45, 2.75) is 106 Å². The number of aliphatic hydroxyl groups is 8. The predicted octanol–water partition coefficient (Wildman–Crippen LogP) is -2.83. The first kappa shape index (κ1) is 25.9. The molecule has 0 amide bonds. The Morgan fingerprint density at radius 3 is 2.06 bits per heavy atom. The number of ether oxygens (including phenoxy) is 2. The predicted molar refractivity (Wildman–Crippen MR) is 107 cm³/mol. The largest absolute Gasteiger partial charge is 0.394 e. The molecule has 0 aromatic carbocycles. The van der Waals surface area contributed by atoms with Crippen molar-refractivity contribution in [1.29, 1.82) is 0 Å². The van der Waals surface area contributed by atoms with E-state index in [1.54, 1.807) is 0 Å². The summed E-state index contributed by atoms with van der Waals surface area (Å²) >= 11 is 0. The van der Waals surface area contributed by atoms with Crippen LogP contribution in [0.25, 0.3) is 0 Å². The number of ketones is 1. The Morgan fingerprint density at radius 2 is 1.47 bits per heavy atom. The molecule has 0 aromatic heterocycles. The molecule has 0 spiro atoms. The summed E-state index contributed by atoms with van der Waals surface area (Å²) in [5.74, 6) is -1.17. The maximum atomic E-state index is 12.7. The third-order valence-corrected chi connectivity index (χ3v) is 7.07. The second-order valence-electron chi connectivity index (χ2n) is 9.41.